The molecule has 146 valence electrons. The molecule has 28 heavy (non-hydrogen) atoms. The van der Waals surface area contributed by atoms with Crippen LogP contribution < -0.4 is 4.90 Å². The zero-order valence-electron chi connectivity index (χ0n) is 15.7. The van der Waals surface area contributed by atoms with Crippen molar-refractivity contribution >= 4 is 39.3 Å². The van der Waals surface area contributed by atoms with Gasteiger partial charge < -0.3 is 14.6 Å². The molecule has 0 fully saturated rings. The molecular formula is C20H21BrN4O2S. The SMILES string of the molecule is CCN(C(=O)CSc1nnc(-c2cc(Br)ccc2O)n1CC)c1ccccc1. The second-order valence-corrected chi connectivity index (χ2v) is 7.83. The van der Waals surface area contributed by atoms with E-state index in [4.69, 9.17) is 0 Å². The number of amides is 1. The van der Waals surface area contributed by atoms with Gasteiger partial charge in [0.2, 0.25) is 5.91 Å². The Kier molecular flexibility index (Phi) is 6.74. The van der Waals surface area contributed by atoms with Crippen LogP contribution in [0.1, 0.15) is 13.8 Å². The highest BCUT2D eigenvalue weighted by molar-refractivity contribution is 9.10. The molecule has 0 spiro atoms. The molecule has 0 unspecified atom stereocenters. The van der Waals surface area contributed by atoms with Crippen LogP contribution in [-0.4, -0.2) is 38.1 Å². The lowest BCUT2D eigenvalue weighted by atomic mass is 10.2. The summed E-state index contributed by atoms with van der Waals surface area (Å²) in [5, 5.41) is 19.3. The van der Waals surface area contributed by atoms with E-state index in [0.29, 0.717) is 29.6 Å². The Bertz CT molecular complexity index is 962. The molecule has 0 aliphatic heterocycles. The minimum Gasteiger partial charge on any atom is -0.507 e. The first kappa shape index (κ1) is 20.4. The van der Waals surface area contributed by atoms with Crippen LogP contribution in [0.15, 0.2) is 58.2 Å². The second-order valence-electron chi connectivity index (χ2n) is 5.97. The first-order chi connectivity index (χ1) is 13.5. The van der Waals surface area contributed by atoms with Gasteiger partial charge in [-0.3, -0.25) is 4.79 Å². The zero-order valence-corrected chi connectivity index (χ0v) is 18.1. The first-order valence-corrected chi connectivity index (χ1v) is 10.7. The van der Waals surface area contributed by atoms with Crippen LogP contribution in [0.5, 0.6) is 5.75 Å². The number of aromatic hydroxyl groups is 1. The van der Waals surface area contributed by atoms with E-state index >= 15 is 0 Å². The third-order valence-electron chi connectivity index (χ3n) is 4.24. The quantitative estimate of drug-likeness (QED) is 0.522. The van der Waals surface area contributed by atoms with Gasteiger partial charge in [0.1, 0.15) is 5.75 Å². The van der Waals surface area contributed by atoms with Crippen molar-refractivity contribution in [1.29, 1.82) is 0 Å². The van der Waals surface area contributed by atoms with Crippen LogP contribution in [0.3, 0.4) is 0 Å². The molecule has 0 saturated carbocycles. The Hall–Kier alpha value is -2.32. The number of thioether (sulfide) groups is 1. The Morgan fingerprint density at radius 1 is 1.18 bits per heavy atom. The molecule has 1 heterocycles. The number of carbonyl (C=O) groups excluding carboxylic acids is 1. The number of anilines is 1. The lowest BCUT2D eigenvalue weighted by molar-refractivity contribution is -0.116. The Morgan fingerprint density at radius 2 is 1.93 bits per heavy atom. The lowest BCUT2D eigenvalue weighted by Gasteiger charge is -2.20. The molecule has 1 aromatic heterocycles. The topological polar surface area (TPSA) is 71.2 Å². The molecule has 2 aromatic carbocycles. The first-order valence-electron chi connectivity index (χ1n) is 8.95. The van der Waals surface area contributed by atoms with Crippen LogP contribution in [0.25, 0.3) is 11.4 Å². The van der Waals surface area contributed by atoms with E-state index < -0.39 is 0 Å². The number of phenols is 1. The van der Waals surface area contributed by atoms with Gasteiger partial charge >= 0.3 is 0 Å². The van der Waals surface area contributed by atoms with Gasteiger partial charge in [-0.25, -0.2) is 0 Å². The van der Waals surface area contributed by atoms with E-state index in [1.165, 1.54) is 11.8 Å². The van der Waals surface area contributed by atoms with Gasteiger partial charge in [0.05, 0.1) is 11.3 Å². The number of phenolic OH excluding ortho intramolecular Hbond substituents is 1. The smallest absolute Gasteiger partial charge is 0.237 e. The summed E-state index contributed by atoms with van der Waals surface area (Å²) in [6.45, 7) is 5.16. The standard InChI is InChI=1S/C20H21BrN4O2S/c1-3-24(15-8-6-5-7-9-15)18(27)13-28-20-23-22-19(25(20)4-2)16-12-14(21)10-11-17(16)26/h5-12,26H,3-4,13H2,1-2H3. The molecule has 6 nitrogen and oxygen atoms in total. The second kappa shape index (κ2) is 9.25. The van der Waals surface area contributed by atoms with E-state index in [1.807, 2.05) is 48.7 Å². The fraction of sp³-hybridized carbons (Fsp3) is 0.250. The Morgan fingerprint density at radius 3 is 2.61 bits per heavy atom. The number of rotatable bonds is 7. The summed E-state index contributed by atoms with van der Waals surface area (Å²) in [7, 11) is 0. The number of carbonyl (C=O) groups is 1. The minimum absolute atomic E-state index is 0.0104. The number of benzene rings is 2. The maximum absolute atomic E-state index is 12.7. The summed E-state index contributed by atoms with van der Waals surface area (Å²) in [6, 6.07) is 14.8. The average Bonchev–Trinajstić information content (AvgIpc) is 3.12. The predicted molar refractivity (Wildman–Crippen MR) is 116 cm³/mol. The van der Waals surface area contributed by atoms with E-state index in [0.717, 1.165) is 10.2 Å². The van der Waals surface area contributed by atoms with Gasteiger partial charge in [0.15, 0.2) is 11.0 Å². The van der Waals surface area contributed by atoms with Crippen LogP contribution in [0.4, 0.5) is 5.69 Å². The van der Waals surface area contributed by atoms with Gasteiger partial charge in [-0.2, -0.15) is 0 Å². The molecule has 0 aliphatic rings. The molecule has 8 heteroatoms. The highest BCUT2D eigenvalue weighted by Crippen LogP contribution is 2.32. The minimum atomic E-state index is 0.0104. The number of hydrogen-bond acceptors (Lipinski definition) is 5. The number of halogens is 1. The maximum Gasteiger partial charge on any atom is 0.237 e. The summed E-state index contributed by atoms with van der Waals surface area (Å²) in [5.41, 5.74) is 1.48. The van der Waals surface area contributed by atoms with Crippen LogP contribution >= 0.6 is 27.7 Å². The van der Waals surface area contributed by atoms with Crippen molar-refractivity contribution < 1.29 is 9.90 Å². The zero-order chi connectivity index (χ0) is 20.1. The Labute approximate surface area is 176 Å². The number of hydrogen-bond donors (Lipinski definition) is 1. The fourth-order valence-corrected chi connectivity index (χ4v) is 4.12. The molecular weight excluding hydrogens is 440 g/mol. The van der Waals surface area contributed by atoms with Crippen LogP contribution in [-0.2, 0) is 11.3 Å². The summed E-state index contributed by atoms with van der Waals surface area (Å²) < 4.78 is 2.75. The van der Waals surface area contributed by atoms with Crippen molar-refractivity contribution in [2.24, 2.45) is 0 Å². The van der Waals surface area contributed by atoms with Crippen molar-refractivity contribution in [2.45, 2.75) is 25.5 Å². The molecule has 0 saturated heterocycles. The van der Waals surface area contributed by atoms with Gasteiger partial charge in [-0.15, -0.1) is 10.2 Å². The molecule has 1 N–H and O–H groups in total. The summed E-state index contributed by atoms with van der Waals surface area (Å²) in [6.07, 6.45) is 0. The van der Waals surface area contributed by atoms with Crippen LogP contribution in [0.2, 0.25) is 0 Å². The number of aromatic nitrogens is 3. The summed E-state index contributed by atoms with van der Waals surface area (Å²) in [5.74, 6) is 0.979. The molecule has 0 atom stereocenters. The highest BCUT2D eigenvalue weighted by Gasteiger charge is 2.19. The normalized spacial score (nSPS) is 10.8. The highest BCUT2D eigenvalue weighted by atomic mass is 79.9. The summed E-state index contributed by atoms with van der Waals surface area (Å²) >= 11 is 4.77. The molecule has 1 amide bonds. The Balaban J connectivity index is 1.79. The van der Waals surface area contributed by atoms with E-state index in [1.54, 1.807) is 23.1 Å². The molecule has 0 radical (unpaired) electrons. The van der Waals surface area contributed by atoms with Crippen molar-refractivity contribution in [3.63, 3.8) is 0 Å². The van der Waals surface area contributed by atoms with Crippen molar-refractivity contribution in [2.75, 3.05) is 17.2 Å². The maximum atomic E-state index is 12.7. The molecule has 3 aromatic rings. The lowest BCUT2D eigenvalue weighted by Crippen LogP contribution is -2.32. The third-order valence-corrected chi connectivity index (χ3v) is 5.69. The monoisotopic (exact) mass is 460 g/mol. The molecule has 0 aliphatic carbocycles. The van der Waals surface area contributed by atoms with Gasteiger partial charge in [0.25, 0.3) is 0 Å². The number of para-hydroxylation sites is 1. The molecule has 0 bridgehead atoms. The average molecular weight is 461 g/mol. The van der Waals surface area contributed by atoms with Crippen LogP contribution in [0, 0.1) is 0 Å². The largest absolute Gasteiger partial charge is 0.507 e. The fourth-order valence-electron chi connectivity index (χ4n) is 2.88. The van der Waals surface area contributed by atoms with Gasteiger partial charge in [-0.1, -0.05) is 45.9 Å². The molecule has 3 rings (SSSR count). The van der Waals surface area contributed by atoms with Crippen molar-refractivity contribution in [1.82, 2.24) is 14.8 Å². The van der Waals surface area contributed by atoms with Crippen molar-refractivity contribution in [3.05, 3.63) is 53.0 Å². The van der Waals surface area contributed by atoms with Crippen molar-refractivity contribution in [3.8, 4) is 17.1 Å². The third kappa shape index (κ3) is 4.39. The van der Waals surface area contributed by atoms with E-state index in [-0.39, 0.29) is 17.4 Å². The van der Waals surface area contributed by atoms with Gasteiger partial charge in [-0.05, 0) is 44.2 Å². The summed E-state index contributed by atoms with van der Waals surface area (Å²) in [4.78, 5) is 14.5. The van der Waals surface area contributed by atoms with E-state index in [9.17, 15) is 9.90 Å². The van der Waals surface area contributed by atoms with E-state index in [2.05, 4.69) is 26.1 Å². The predicted octanol–water partition coefficient (Wildman–Crippen LogP) is 4.58. The number of nitrogens with zero attached hydrogens (tertiary/aromatic N) is 4. The van der Waals surface area contributed by atoms with Gasteiger partial charge in [0, 0.05) is 23.2 Å².